The van der Waals surface area contributed by atoms with Gasteiger partial charge in [-0.2, -0.15) is 13.2 Å². The van der Waals surface area contributed by atoms with Gasteiger partial charge >= 0.3 is 6.18 Å². The lowest BCUT2D eigenvalue weighted by atomic mass is 10.0. The molecule has 0 aromatic carbocycles. The Morgan fingerprint density at radius 1 is 1.29 bits per heavy atom. The summed E-state index contributed by atoms with van der Waals surface area (Å²) in [6.45, 7) is 4.05. The number of alkyl halides is 3. The molecule has 0 saturated carbocycles. The third kappa shape index (κ3) is 8.67. The van der Waals surface area contributed by atoms with Crippen LogP contribution in [0.15, 0.2) is 35.9 Å². The molecule has 1 radical (unpaired) electrons. The highest BCUT2D eigenvalue weighted by Crippen LogP contribution is 2.41. The molecule has 1 aliphatic carbocycles. The smallest absolute Gasteiger partial charge is 0.422 e. The average Bonchev–Trinajstić information content (AvgIpc) is 3.55. The van der Waals surface area contributed by atoms with E-state index in [1.807, 2.05) is 12.1 Å². The monoisotopic (exact) mass is 497 g/mol. The van der Waals surface area contributed by atoms with Gasteiger partial charge in [-0.25, -0.2) is 9.97 Å². The molecule has 0 bridgehead atoms. The highest BCUT2D eigenvalue weighted by Gasteiger charge is 2.34. The zero-order chi connectivity index (χ0) is 26.2. The van der Waals surface area contributed by atoms with Crippen LogP contribution in [-0.4, -0.2) is 48.7 Å². The van der Waals surface area contributed by atoms with Gasteiger partial charge in [-0.05, 0) is 51.0 Å². The summed E-state index contributed by atoms with van der Waals surface area (Å²) in [5.74, 6) is 0.407. The van der Waals surface area contributed by atoms with Crippen LogP contribution in [0.2, 0.25) is 0 Å². The van der Waals surface area contributed by atoms with Crippen molar-refractivity contribution in [3.05, 3.63) is 64.3 Å². The summed E-state index contributed by atoms with van der Waals surface area (Å²) in [6, 6.07) is 5.77. The van der Waals surface area contributed by atoms with Gasteiger partial charge in [-0.1, -0.05) is 11.6 Å². The molecule has 1 amide bonds. The maximum absolute atomic E-state index is 13.0. The molecule has 1 atom stereocenters. The Morgan fingerprint density at radius 3 is 2.57 bits per heavy atom. The van der Waals surface area contributed by atoms with Crippen LogP contribution in [0.4, 0.5) is 19.0 Å². The first kappa shape index (κ1) is 27.8. The number of ether oxygens (including phenoxy) is 2. The molecule has 2 aromatic heterocycles. The molecule has 0 fully saturated rings. The van der Waals surface area contributed by atoms with Gasteiger partial charge in [0, 0.05) is 28.3 Å². The SMILES string of the molecule is CC=O.COCCC1=C[C]1c1nc(OCC(F)(F)F)ccc1C(=O)NC(C)c1cc(C)nc(N)c1.[HH].[HH]. The predicted molar refractivity (Wildman–Crippen MR) is 128 cm³/mol. The fourth-order valence-electron chi connectivity index (χ4n) is 3.17. The van der Waals surface area contributed by atoms with Crippen LogP contribution >= 0.6 is 0 Å². The van der Waals surface area contributed by atoms with E-state index in [-0.39, 0.29) is 26.0 Å². The summed E-state index contributed by atoms with van der Waals surface area (Å²) in [5, 5.41) is 2.88. The first-order chi connectivity index (χ1) is 16.5. The third-order valence-corrected chi connectivity index (χ3v) is 4.75. The second kappa shape index (κ2) is 12.3. The Hall–Kier alpha value is -3.47. The lowest BCUT2D eigenvalue weighted by molar-refractivity contribution is -0.154. The summed E-state index contributed by atoms with van der Waals surface area (Å²) in [5.41, 5.74) is 8.71. The molecular weight excluding hydrogens is 465 g/mol. The fraction of sp³-hybridized carbons (Fsp3) is 0.375. The van der Waals surface area contributed by atoms with Crippen molar-refractivity contribution >= 4 is 18.0 Å². The summed E-state index contributed by atoms with van der Waals surface area (Å²) >= 11 is 0. The van der Waals surface area contributed by atoms with Crippen molar-refractivity contribution in [1.29, 1.82) is 0 Å². The number of hydrogen-bond acceptors (Lipinski definition) is 7. The van der Waals surface area contributed by atoms with Crippen molar-refractivity contribution in [3.8, 4) is 5.88 Å². The molecule has 193 valence electrons. The van der Waals surface area contributed by atoms with Crippen LogP contribution in [0, 0.1) is 12.8 Å². The van der Waals surface area contributed by atoms with E-state index < -0.39 is 18.7 Å². The normalized spacial score (nSPS) is 13.7. The number of anilines is 1. The van der Waals surface area contributed by atoms with Gasteiger partial charge in [0.1, 0.15) is 12.1 Å². The molecule has 0 aliphatic heterocycles. The second-order valence-corrected chi connectivity index (χ2v) is 7.67. The van der Waals surface area contributed by atoms with Gasteiger partial charge in [-0.15, -0.1) is 0 Å². The number of amides is 1. The van der Waals surface area contributed by atoms with E-state index in [2.05, 4.69) is 15.3 Å². The fourth-order valence-corrected chi connectivity index (χ4v) is 3.17. The van der Waals surface area contributed by atoms with Crippen molar-refractivity contribution in [2.24, 2.45) is 0 Å². The minimum Gasteiger partial charge on any atom is -0.468 e. The molecule has 35 heavy (non-hydrogen) atoms. The molecular formula is C24H32F3N4O4. The lowest BCUT2D eigenvalue weighted by Gasteiger charge is -2.17. The van der Waals surface area contributed by atoms with Gasteiger partial charge in [0.25, 0.3) is 5.91 Å². The molecule has 3 N–H and O–H groups in total. The Kier molecular flexibility index (Phi) is 9.76. The van der Waals surface area contributed by atoms with E-state index in [1.54, 1.807) is 27.0 Å². The molecule has 2 heterocycles. The zero-order valence-corrected chi connectivity index (χ0v) is 19.9. The van der Waals surface area contributed by atoms with Crippen LogP contribution in [0.1, 0.15) is 56.5 Å². The quantitative estimate of drug-likeness (QED) is 0.494. The number of carbonyl (C=O) groups excluding carboxylic acids is 2. The maximum atomic E-state index is 13.0. The number of nitrogen functional groups attached to an aromatic ring is 1. The molecule has 8 nitrogen and oxygen atoms in total. The van der Waals surface area contributed by atoms with Crippen LogP contribution < -0.4 is 15.8 Å². The Labute approximate surface area is 204 Å². The first-order valence-corrected chi connectivity index (χ1v) is 10.7. The minimum atomic E-state index is -4.49. The van der Waals surface area contributed by atoms with Crippen molar-refractivity contribution in [2.45, 2.75) is 39.4 Å². The highest BCUT2D eigenvalue weighted by atomic mass is 19.4. The molecule has 1 aliphatic rings. The number of aryl methyl sites for hydroxylation is 1. The maximum Gasteiger partial charge on any atom is 0.422 e. The van der Waals surface area contributed by atoms with Gasteiger partial charge in [0.15, 0.2) is 6.61 Å². The number of halogens is 3. The molecule has 2 aromatic rings. The molecule has 3 rings (SSSR count). The van der Waals surface area contributed by atoms with Crippen molar-refractivity contribution in [2.75, 3.05) is 26.1 Å². The number of hydrogen-bond donors (Lipinski definition) is 2. The van der Waals surface area contributed by atoms with E-state index in [9.17, 15) is 18.0 Å². The number of nitrogens with zero attached hydrogens (tertiary/aromatic N) is 2. The number of allylic oxidation sites excluding steroid dienone is 1. The Balaban J connectivity index is 0.00000247. The van der Waals surface area contributed by atoms with E-state index in [0.717, 1.165) is 23.1 Å². The number of aldehydes is 1. The summed E-state index contributed by atoms with van der Waals surface area (Å²) in [4.78, 5) is 30.1. The summed E-state index contributed by atoms with van der Waals surface area (Å²) in [6.07, 6.45) is -1.32. The van der Waals surface area contributed by atoms with E-state index >= 15 is 0 Å². The van der Waals surface area contributed by atoms with Crippen LogP contribution in [0.5, 0.6) is 5.88 Å². The third-order valence-electron chi connectivity index (χ3n) is 4.75. The number of pyridine rings is 2. The van der Waals surface area contributed by atoms with Crippen LogP contribution in [0.25, 0.3) is 0 Å². The van der Waals surface area contributed by atoms with Crippen molar-refractivity contribution < 1.29 is 35.1 Å². The van der Waals surface area contributed by atoms with E-state index in [4.69, 9.17) is 20.0 Å². The van der Waals surface area contributed by atoms with Crippen LogP contribution in [0.3, 0.4) is 0 Å². The average molecular weight is 498 g/mol. The summed E-state index contributed by atoms with van der Waals surface area (Å²) < 4.78 is 47.4. The van der Waals surface area contributed by atoms with Gasteiger partial charge in [0.2, 0.25) is 5.88 Å². The van der Waals surface area contributed by atoms with Crippen LogP contribution in [-0.2, 0) is 9.53 Å². The Morgan fingerprint density at radius 2 is 1.97 bits per heavy atom. The largest absolute Gasteiger partial charge is 0.468 e. The Bertz CT molecular complexity index is 1060. The topological polar surface area (TPSA) is 116 Å². The zero-order valence-electron chi connectivity index (χ0n) is 19.9. The number of nitrogens with two attached hydrogens (primary N) is 1. The van der Waals surface area contributed by atoms with Crippen molar-refractivity contribution in [3.63, 3.8) is 0 Å². The number of carbonyl (C=O) groups is 2. The molecule has 0 saturated heterocycles. The van der Waals surface area contributed by atoms with Gasteiger partial charge < -0.3 is 25.3 Å². The van der Waals surface area contributed by atoms with Crippen molar-refractivity contribution in [1.82, 2.24) is 15.3 Å². The molecule has 11 heteroatoms. The van der Waals surface area contributed by atoms with E-state index in [1.165, 1.54) is 19.1 Å². The molecule has 1 unspecified atom stereocenters. The molecule has 0 spiro atoms. The highest BCUT2D eigenvalue weighted by molar-refractivity contribution is 5.97. The van der Waals surface area contributed by atoms with Gasteiger partial charge in [0.05, 0.1) is 23.2 Å². The first-order valence-electron chi connectivity index (χ1n) is 10.7. The summed E-state index contributed by atoms with van der Waals surface area (Å²) in [7, 11) is 1.57. The number of nitrogens with one attached hydrogen (secondary N) is 1. The number of aromatic nitrogens is 2. The number of methoxy groups -OCH3 is 1. The lowest BCUT2D eigenvalue weighted by Crippen LogP contribution is -2.28. The minimum absolute atomic E-state index is 0. The standard InChI is InChI=1S/C22H24F3N4O3.C2H4O.2H2/c1-12-8-15(10-18(26)27-12)13(2)28-21(30)16-4-5-19(32-11-22(23,24)25)29-20(16)17-9-14(17)6-7-31-3;1-2-3;;/h4-5,8-10,13H,6-7,11H2,1-3H3,(H2,26,27)(H,28,30);2H,1H3;2*1H. The number of rotatable bonds is 9. The predicted octanol–water partition coefficient (Wildman–Crippen LogP) is 4.40. The second-order valence-electron chi connectivity index (χ2n) is 7.67. The van der Waals surface area contributed by atoms with E-state index in [0.29, 0.717) is 24.8 Å². The van der Waals surface area contributed by atoms with Gasteiger partial charge in [-0.3, -0.25) is 4.79 Å².